The number of nitrogens with zero attached hydrogens (tertiary/aromatic N) is 1. The fraction of sp³-hybridized carbons (Fsp3) is 0.467. The molecule has 3 heterocycles. The van der Waals surface area contributed by atoms with E-state index in [1.54, 1.807) is 17.4 Å². The van der Waals surface area contributed by atoms with E-state index in [2.05, 4.69) is 5.32 Å². The van der Waals surface area contributed by atoms with E-state index in [1.807, 2.05) is 28.5 Å². The predicted molar refractivity (Wildman–Crippen MR) is 79.2 cm³/mol. The van der Waals surface area contributed by atoms with Gasteiger partial charge in [0.05, 0.1) is 0 Å². The Balaban J connectivity index is 1.59. The lowest BCUT2D eigenvalue weighted by Gasteiger charge is -2.41. The van der Waals surface area contributed by atoms with Crippen molar-refractivity contribution in [2.75, 3.05) is 13.1 Å². The maximum absolute atomic E-state index is 12.2. The van der Waals surface area contributed by atoms with Gasteiger partial charge in [0.2, 0.25) is 11.8 Å². The summed E-state index contributed by atoms with van der Waals surface area (Å²) in [5.74, 6) is 0.651. The Hall–Kier alpha value is -1.62. The number of fused-ring (bicyclic) bond motifs is 1. The molecule has 3 rings (SSSR count). The molecular weight excluding hydrogens is 272 g/mol. The minimum atomic E-state index is 0.0775. The molecule has 5 heteroatoms. The molecule has 2 aliphatic heterocycles. The SMILES string of the molecule is O=C1CCC2CN(C(=O)/C=C/c3cccs3)CCC2N1. The fourth-order valence-electron chi connectivity index (χ4n) is 2.96. The van der Waals surface area contributed by atoms with E-state index < -0.39 is 0 Å². The number of carbonyl (C=O) groups excluding carboxylic acids is 2. The number of rotatable bonds is 2. The van der Waals surface area contributed by atoms with E-state index in [0.29, 0.717) is 12.3 Å². The minimum Gasteiger partial charge on any atom is -0.353 e. The summed E-state index contributed by atoms with van der Waals surface area (Å²) in [5, 5.41) is 5.04. The molecule has 0 aliphatic carbocycles. The Morgan fingerprint density at radius 3 is 3.15 bits per heavy atom. The lowest BCUT2D eigenvalue weighted by atomic mass is 9.85. The summed E-state index contributed by atoms with van der Waals surface area (Å²) >= 11 is 1.62. The largest absolute Gasteiger partial charge is 0.353 e. The summed E-state index contributed by atoms with van der Waals surface area (Å²) in [7, 11) is 0. The van der Waals surface area contributed by atoms with Gasteiger partial charge in [-0.25, -0.2) is 0 Å². The molecule has 1 aromatic rings. The summed E-state index contributed by atoms with van der Waals surface area (Å²) in [6, 6.07) is 4.24. The monoisotopic (exact) mass is 290 g/mol. The summed E-state index contributed by atoms with van der Waals surface area (Å²) in [5.41, 5.74) is 0. The molecular formula is C15H18N2O2S. The summed E-state index contributed by atoms with van der Waals surface area (Å²) in [4.78, 5) is 26.6. The van der Waals surface area contributed by atoms with Crippen LogP contribution in [0.4, 0.5) is 0 Å². The van der Waals surface area contributed by atoms with E-state index in [1.165, 1.54) is 0 Å². The smallest absolute Gasteiger partial charge is 0.246 e. The van der Waals surface area contributed by atoms with Crippen LogP contribution in [-0.2, 0) is 9.59 Å². The number of piperidine rings is 2. The number of nitrogens with one attached hydrogen (secondary N) is 1. The first-order valence-corrected chi connectivity index (χ1v) is 7.90. The molecule has 0 saturated carbocycles. The van der Waals surface area contributed by atoms with Crippen molar-refractivity contribution in [3.63, 3.8) is 0 Å². The Morgan fingerprint density at radius 2 is 2.35 bits per heavy atom. The van der Waals surface area contributed by atoms with Crippen LogP contribution in [0.3, 0.4) is 0 Å². The van der Waals surface area contributed by atoms with E-state index in [9.17, 15) is 9.59 Å². The average Bonchev–Trinajstić information content (AvgIpc) is 2.97. The van der Waals surface area contributed by atoms with Gasteiger partial charge in [0, 0.05) is 36.5 Å². The van der Waals surface area contributed by atoms with Gasteiger partial charge >= 0.3 is 0 Å². The van der Waals surface area contributed by atoms with Gasteiger partial charge in [0.15, 0.2) is 0 Å². The zero-order valence-electron chi connectivity index (χ0n) is 11.2. The highest BCUT2D eigenvalue weighted by atomic mass is 32.1. The van der Waals surface area contributed by atoms with Crippen LogP contribution in [0.15, 0.2) is 23.6 Å². The molecule has 0 radical (unpaired) electrons. The van der Waals surface area contributed by atoms with E-state index >= 15 is 0 Å². The van der Waals surface area contributed by atoms with Crippen LogP contribution in [0.25, 0.3) is 6.08 Å². The van der Waals surface area contributed by atoms with E-state index in [4.69, 9.17) is 0 Å². The maximum Gasteiger partial charge on any atom is 0.246 e. The Kier molecular flexibility index (Phi) is 3.87. The van der Waals surface area contributed by atoms with Crippen molar-refractivity contribution in [1.82, 2.24) is 10.2 Å². The molecule has 2 fully saturated rings. The van der Waals surface area contributed by atoms with Gasteiger partial charge < -0.3 is 10.2 Å². The first-order valence-electron chi connectivity index (χ1n) is 7.02. The fourth-order valence-corrected chi connectivity index (χ4v) is 3.57. The lowest BCUT2D eigenvalue weighted by Crippen LogP contribution is -2.54. The zero-order valence-corrected chi connectivity index (χ0v) is 12.1. The highest BCUT2D eigenvalue weighted by molar-refractivity contribution is 7.10. The molecule has 4 nitrogen and oxygen atoms in total. The molecule has 2 unspecified atom stereocenters. The molecule has 1 aromatic heterocycles. The van der Waals surface area contributed by atoms with Gasteiger partial charge in [-0.3, -0.25) is 9.59 Å². The van der Waals surface area contributed by atoms with Crippen molar-refractivity contribution >= 4 is 29.2 Å². The number of likely N-dealkylation sites (tertiary alicyclic amines) is 1. The van der Waals surface area contributed by atoms with Crippen molar-refractivity contribution in [2.24, 2.45) is 5.92 Å². The minimum absolute atomic E-state index is 0.0775. The summed E-state index contributed by atoms with van der Waals surface area (Å²) in [6.45, 7) is 1.49. The quantitative estimate of drug-likeness (QED) is 0.846. The molecule has 2 atom stereocenters. The Bertz CT molecular complexity index is 524. The van der Waals surface area contributed by atoms with Crippen molar-refractivity contribution in [3.8, 4) is 0 Å². The lowest BCUT2D eigenvalue weighted by molar-refractivity contribution is -0.130. The second-order valence-electron chi connectivity index (χ2n) is 5.39. The molecule has 0 bridgehead atoms. The van der Waals surface area contributed by atoms with Gasteiger partial charge in [-0.15, -0.1) is 11.3 Å². The molecule has 1 N–H and O–H groups in total. The van der Waals surface area contributed by atoms with Crippen molar-refractivity contribution < 1.29 is 9.59 Å². The van der Waals surface area contributed by atoms with Crippen LogP contribution in [-0.4, -0.2) is 35.8 Å². The molecule has 2 amide bonds. The number of hydrogen-bond acceptors (Lipinski definition) is 3. The Labute approximate surface area is 122 Å². The highest BCUT2D eigenvalue weighted by Gasteiger charge is 2.34. The van der Waals surface area contributed by atoms with Crippen LogP contribution in [0, 0.1) is 5.92 Å². The van der Waals surface area contributed by atoms with Gasteiger partial charge in [0.25, 0.3) is 0 Å². The average molecular weight is 290 g/mol. The Morgan fingerprint density at radius 1 is 1.45 bits per heavy atom. The van der Waals surface area contributed by atoms with Crippen LogP contribution in [0.2, 0.25) is 0 Å². The normalized spacial score (nSPS) is 26.4. The molecule has 20 heavy (non-hydrogen) atoms. The number of hydrogen-bond donors (Lipinski definition) is 1. The van der Waals surface area contributed by atoms with E-state index in [-0.39, 0.29) is 17.9 Å². The standard InChI is InChI=1S/C15H18N2O2S/c18-14-5-3-11-10-17(8-7-13(11)16-14)15(19)6-4-12-2-1-9-20-12/h1-2,4,6,9,11,13H,3,5,7-8,10H2,(H,16,18)/b6-4+. The molecule has 2 saturated heterocycles. The third-order valence-electron chi connectivity index (χ3n) is 4.07. The van der Waals surface area contributed by atoms with Crippen LogP contribution < -0.4 is 5.32 Å². The second kappa shape index (κ2) is 5.79. The van der Waals surface area contributed by atoms with E-state index in [0.717, 1.165) is 30.8 Å². The summed E-state index contributed by atoms with van der Waals surface area (Å²) < 4.78 is 0. The first kappa shape index (κ1) is 13.4. The van der Waals surface area contributed by atoms with Crippen LogP contribution >= 0.6 is 11.3 Å². The number of thiophene rings is 1. The van der Waals surface area contributed by atoms with Gasteiger partial charge in [-0.05, 0) is 36.3 Å². The topological polar surface area (TPSA) is 49.4 Å². The molecule has 106 valence electrons. The predicted octanol–water partition coefficient (Wildman–Crippen LogP) is 1.89. The van der Waals surface area contributed by atoms with Gasteiger partial charge in [-0.2, -0.15) is 0 Å². The van der Waals surface area contributed by atoms with Crippen molar-refractivity contribution in [1.29, 1.82) is 0 Å². The number of carbonyl (C=O) groups is 2. The van der Waals surface area contributed by atoms with Crippen molar-refractivity contribution in [2.45, 2.75) is 25.3 Å². The maximum atomic E-state index is 12.2. The molecule has 0 spiro atoms. The number of amides is 2. The third-order valence-corrected chi connectivity index (χ3v) is 4.91. The van der Waals surface area contributed by atoms with Gasteiger partial charge in [0.1, 0.15) is 0 Å². The first-order chi connectivity index (χ1) is 9.72. The van der Waals surface area contributed by atoms with Gasteiger partial charge in [-0.1, -0.05) is 6.07 Å². The van der Waals surface area contributed by atoms with Crippen LogP contribution in [0.1, 0.15) is 24.1 Å². The third kappa shape index (κ3) is 2.93. The second-order valence-corrected chi connectivity index (χ2v) is 6.37. The summed E-state index contributed by atoms with van der Waals surface area (Å²) in [6.07, 6.45) is 5.90. The highest BCUT2D eigenvalue weighted by Crippen LogP contribution is 2.25. The molecule has 0 aromatic carbocycles. The van der Waals surface area contributed by atoms with Crippen LogP contribution in [0.5, 0.6) is 0 Å². The van der Waals surface area contributed by atoms with Crippen molar-refractivity contribution in [3.05, 3.63) is 28.5 Å². The zero-order chi connectivity index (χ0) is 13.9. The molecule has 2 aliphatic rings.